The fourth-order valence-electron chi connectivity index (χ4n) is 3.35. The number of amides is 1. The summed E-state index contributed by atoms with van der Waals surface area (Å²) >= 11 is 0. The van der Waals surface area contributed by atoms with E-state index in [1.165, 1.54) is 12.8 Å². The van der Waals surface area contributed by atoms with E-state index in [9.17, 15) is 4.79 Å². The summed E-state index contributed by atoms with van der Waals surface area (Å²) in [5.74, 6) is 2.80. The minimum Gasteiger partial charge on any atom is -0.338 e. The number of carbonyl (C=O) groups is 1. The molecule has 0 unspecified atom stereocenters. The number of nitrogens with zero attached hydrogens (tertiary/aromatic N) is 5. The van der Waals surface area contributed by atoms with Crippen LogP contribution in [0.4, 0.5) is 0 Å². The predicted octanol–water partition coefficient (Wildman–Crippen LogP) is 2.03. The van der Waals surface area contributed by atoms with Crippen molar-refractivity contribution in [2.45, 2.75) is 38.0 Å². The van der Waals surface area contributed by atoms with E-state index in [0.717, 1.165) is 30.3 Å². The third-order valence-electron chi connectivity index (χ3n) is 4.73. The minimum absolute atomic E-state index is 0.0285. The summed E-state index contributed by atoms with van der Waals surface area (Å²) in [6.45, 7) is 3.48. The fourth-order valence-corrected chi connectivity index (χ4v) is 3.35. The summed E-state index contributed by atoms with van der Waals surface area (Å²) in [6, 6.07) is 0. The van der Waals surface area contributed by atoms with Crippen LogP contribution < -0.4 is 0 Å². The van der Waals surface area contributed by atoms with E-state index in [2.05, 4.69) is 19.5 Å². The van der Waals surface area contributed by atoms with Crippen LogP contribution in [0, 0.1) is 6.92 Å². The molecule has 1 atom stereocenters. The summed E-state index contributed by atoms with van der Waals surface area (Å²) in [6.07, 6.45) is 8.69. The Morgan fingerprint density at radius 3 is 2.52 bits per heavy atom. The zero-order valence-electron chi connectivity index (χ0n) is 13.6. The molecule has 0 bridgehead atoms. The molecule has 0 aromatic carbocycles. The molecule has 4 rings (SSSR count). The molecule has 6 heteroatoms. The van der Waals surface area contributed by atoms with Crippen LogP contribution in [0.25, 0.3) is 0 Å². The monoisotopic (exact) mass is 311 g/mol. The van der Waals surface area contributed by atoms with Gasteiger partial charge in [0.15, 0.2) is 0 Å². The van der Waals surface area contributed by atoms with Gasteiger partial charge >= 0.3 is 0 Å². The number of rotatable bonds is 3. The summed E-state index contributed by atoms with van der Waals surface area (Å²) in [7, 11) is 2.02. The Morgan fingerprint density at radius 2 is 1.91 bits per heavy atom. The number of aromatic nitrogens is 4. The van der Waals surface area contributed by atoms with E-state index in [-0.39, 0.29) is 5.91 Å². The quantitative estimate of drug-likeness (QED) is 0.870. The molecular formula is C17H21N5O. The maximum Gasteiger partial charge on any atom is 0.257 e. The van der Waals surface area contributed by atoms with Crippen molar-refractivity contribution in [3.8, 4) is 0 Å². The van der Waals surface area contributed by atoms with E-state index in [4.69, 9.17) is 0 Å². The molecule has 1 saturated heterocycles. The molecule has 23 heavy (non-hydrogen) atoms. The average molecular weight is 311 g/mol. The van der Waals surface area contributed by atoms with Crippen molar-refractivity contribution in [3.63, 3.8) is 0 Å². The summed E-state index contributed by atoms with van der Waals surface area (Å²) in [5, 5.41) is 0. The van der Waals surface area contributed by atoms with Gasteiger partial charge in [0, 0.05) is 50.6 Å². The highest BCUT2D eigenvalue weighted by molar-refractivity contribution is 5.93. The first-order valence-electron chi connectivity index (χ1n) is 8.23. The SMILES string of the molecule is Cc1cn(C)c([C@H]2CCN(C(=O)c3cnc(C4CC4)nc3)C2)n1. The van der Waals surface area contributed by atoms with Crippen molar-refractivity contribution >= 4 is 5.91 Å². The van der Waals surface area contributed by atoms with Gasteiger partial charge in [-0.1, -0.05) is 0 Å². The Hall–Kier alpha value is -2.24. The van der Waals surface area contributed by atoms with E-state index >= 15 is 0 Å². The number of imidazole rings is 1. The Balaban J connectivity index is 1.46. The van der Waals surface area contributed by atoms with Crippen LogP contribution in [-0.2, 0) is 7.05 Å². The van der Waals surface area contributed by atoms with Gasteiger partial charge in [0.25, 0.3) is 5.91 Å². The van der Waals surface area contributed by atoms with Crippen LogP contribution in [0.2, 0.25) is 0 Å². The van der Waals surface area contributed by atoms with Gasteiger partial charge in [-0.3, -0.25) is 4.79 Å². The Labute approximate surface area is 135 Å². The number of carbonyl (C=O) groups excluding carboxylic acids is 1. The third kappa shape index (κ3) is 2.73. The van der Waals surface area contributed by atoms with Gasteiger partial charge in [0.1, 0.15) is 11.6 Å². The molecule has 1 aliphatic carbocycles. The van der Waals surface area contributed by atoms with Crippen LogP contribution in [-0.4, -0.2) is 43.4 Å². The topological polar surface area (TPSA) is 63.9 Å². The summed E-state index contributed by atoms with van der Waals surface area (Å²) < 4.78 is 2.07. The molecule has 0 spiro atoms. The lowest BCUT2D eigenvalue weighted by atomic mass is 10.1. The normalized spacial score (nSPS) is 21.0. The molecule has 1 aliphatic heterocycles. The minimum atomic E-state index is 0.0285. The number of hydrogen-bond acceptors (Lipinski definition) is 4. The van der Waals surface area contributed by atoms with Gasteiger partial charge in [-0.15, -0.1) is 0 Å². The highest BCUT2D eigenvalue weighted by Gasteiger charge is 2.31. The second kappa shape index (κ2) is 5.44. The molecular weight excluding hydrogens is 290 g/mol. The number of likely N-dealkylation sites (tertiary alicyclic amines) is 1. The second-order valence-electron chi connectivity index (χ2n) is 6.69. The largest absolute Gasteiger partial charge is 0.338 e. The van der Waals surface area contributed by atoms with Crippen molar-refractivity contribution in [2.75, 3.05) is 13.1 Å². The lowest BCUT2D eigenvalue weighted by Crippen LogP contribution is -2.29. The van der Waals surface area contributed by atoms with Crippen LogP contribution in [0.15, 0.2) is 18.6 Å². The van der Waals surface area contributed by atoms with Gasteiger partial charge < -0.3 is 9.47 Å². The van der Waals surface area contributed by atoms with Crippen molar-refractivity contribution in [1.82, 2.24) is 24.4 Å². The van der Waals surface area contributed by atoms with Crippen molar-refractivity contribution in [3.05, 3.63) is 41.5 Å². The lowest BCUT2D eigenvalue weighted by molar-refractivity contribution is 0.0789. The van der Waals surface area contributed by atoms with E-state index in [1.807, 2.05) is 25.1 Å². The van der Waals surface area contributed by atoms with Crippen molar-refractivity contribution in [2.24, 2.45) is 7.05 Å². The number of aryl methyl sites for hydroxylation is 2. The maximum atomic E-state index is 12.6. The molecule has 0 N–H and O–H groups in total. The average Bonchev–Trinajstić information content (AvgIpc) is 3.19. The summed E-state index contributed by atoms with van der Waals surface area (Å²) in [4.78, 5) is 27.8. The van der Waals surface area contributed by atoms with Gasteiger partial charge in [0.2, 0.25) is 0 Å². The molecule has 120 valence electrons. The van der Waals surface area contributed by atoms with Crippen LogP contribution in [0.1, 0.15) is 58.8 Å². The molecule has 3 heterocycles. The Kier molecular flexibility index (Phi) is 3.39. The first kappa shape index (κ1) is 14.4. The fraction of sp³-hybridized carbons (Fsp3) is 0.529. The predicted molar refractivity (Wildman–Crippen MR) is 85.2 cm³/mol. The van der Waals surface area contributed by atoms with Crippen molar-refractivity contribution in [1.29, 1.82) is 0 Å². The maximum absolute atomic E-state index is 12.6. The molecule has 2 aliphatic rings. The van der Waals surface area contributed by atoms with Crippen LogP contribution in [0.5, 0.6) is 0 Å². The molecule has 6 nitrogen and oxygen atoms in total. The first-order chi connectivity index (χ1) is 11.1. The molecule has 2 fully saturated rings. The zero-order valence-corrected chi connectivity index (χ0v) is 13.6. The van der Waals surface area contributed by atoms with E-state index in [1.54, 1.807) is 12.4 Å². The Bertz CT molecular complexity index is 732. The Morgan fingerprint density at radius 1 is 1.17 bits per heavy atom. The van der Waals surface area contributed by atoms with Crippen LogP contribution >= 0.6 is 0 Å². The lowest BCUT2D eigenvalue weighted by Gasteiger charge is -2.16. The zero-order chi connectivity index (χ0) is 16.0. The van der Waals surface area contributed by atoms with E-state index < -0.39 is 0 Å². The molecule has 1 saturated carbocycles. The second-order valence-corrected chi connectivity index (χ2v) is 6.69. The molecule has 0 radical (unpaired) electrons. The number of hydrogen-bond donors (Lipinski definition) is 0. The summed E-state index contributed by atoms with van der Waals surface area (Å²) in [5.41, 5.74) is 1.61. The third-order valence-corrected chi connectivity index (χ3v) is 4.73. The van der Waals surface area contributed by atoms with Gasteiger partial charge in [-0.25, -0.2) is 15.0 Å². The van der Waals surface area contributed by atoms with Gasteiger partial charge in [-0.2, -0.15) is 0 Å². The van der Waals surface area contributed by atoms with E-state index in [0.29, 0.717) is 23.9 Å². The molecule has 2 aromatic rings. The van der Waals surface area contributed by atoms with Crippen LogP contribution in [0.3, 0.4) is 0 Å². The van der Waals surface area contributed by atoms with Gasteiger partial charge in [0.05, 0.1) is 11.3 Å². The standard InChI is InChI=1S/C17H21N5O/c1-11-9-21(2)16(20-11)13-5-6-22(10-13)17(23)14-7-18-15(19-8-14)12-3-4-12/h7-9,12-13H,3-6,10H2,1-2H3/t13-/m0/s1. The smallest absolute Gasteiger partial charge is 0.257 e. The highest BCUT2D eigenvalue weighted by atomic mass is 16.2. The van der Waals surface area contributed by atoms with Crippen molar-refractivity contribution < 1.29 is 4.79 Å². The highest BCUT2D eigenvalue weighted by Crippen LogP contribution is 2.37. The first-order valence-corrected chi connectivity index (χ1v) is 8.23. The molecule has 1 amide bonds. The van der Waals surface area contributed by atoms with Gasteiger partial charge in [-0.05, 0) is 26.2 Å². The molecule has 2 aromatic heterocycles.